The summed E-state index contributed by atoms with van der Waals surface area (Å²) in [5.74, 6) is -1.03. The summed E-state index contributed by atoms with van der Waals surface area (Å²) in [6, 6.07) is 20.5. The van der Waals surface area contributed by atoms with Crippen LogP contribution < -0.4 is 9.47 Å². The number of esters is 4. The summed E-state index contributed by atoms with van der Waals surface area (Å²) in [6.45, 7) is 17.6. The molecule has 286 valence electrons. The third-order valence-corrected chi connectivity index (χ3v) is 7.82. The minimum atomic E-state index is -0.583. The van der Waals surface area contributed by atoms with Gasteiger partial charge in [-0.2, -0.15) is 0 Å². The van der Waals surface area contributed by atoms with Crippen LogP contribution in [0.15, 0.2) is 85.5 Å². The van der Waals surface area contributed by atoms with Crippen LogP contribution in [-0.4, -0.2) is 76.7 Å². The van der Waals surface area contributed by atoms with E-state index < -0.39 is 17.9 Å². The topological polar surface area (TPSA) is 133 Å². The van der Waals surface area contributed by atoms with E-state index in [1.54, 1.807) is 60.7 Å². The van der Waals surface area contributed by atoms with E-state index in [9.17, 15) is 19.2 Å². The van der Waals surface area contributed by atoms with Gasteiger partial charge in [-0.25, -0.2) is 14.4 Å². The molecule has 0 aliphatic heterocycles. The highest BCUT2D eigenvalue weighted by atomic mass is 16.6. The first-order valence-electron chi connectivity index (χ1n) is 17.6. The van der Waals surface area contributed by atoms with Crippen molar-refractivity contribution >= 4 is 23.9 Å². The van der Waals surface area contributed by atoms with Crippen LogP contribution in [0.2, 0.25) is 0 Å². The predicted octanol–water partition coefficient (Wildman–Crippen LogP) is 7.51. The molecule has 0 fully saturated rings. The average Bonchev–Trinajstić information content (AvgIpc) is 3.12. The van der Waals surface area contributed by atoms with Crippen LogP contribution in [0.1, 0.15) is 68.7 Å². The molecule has 0 aromatic heterocycles. The lowest BCUT2D eigenvalue weighted by Crippen LogP contribution is -2.34. The smallest absolute Gasteiger partial charge is 0.343 e. The zero-order valence-electron chi connectivity index (χ0n) is 31.6. The second-order valence-corrected chi connectivity index (χ2v) is 14.4. The van der Waals surface area contributed by atoms with Crippen molar-refractivity contribution in [2.45, 2.75) is 48.0 Å². The Balaban J connectivity index is 1.30. The van der Waals surface area contributed by atoms with Gasteiger partial charge < -0.3 is 33.2 Å². The third kappa shape index (κ3) is 15.6. The maximum Gasteiger partial charge on any atom is 0.343 e. The molecule has 0 bridgehead atoms. The molecule has 1 atom stereocenters. The molecule has 0 amide bonds. The number of carbonyl (C=O) groups excluding carboxylic acids is 4. The minimum absolute atomic E-state index is 0.0262. The van der Waals surface area contributed by atoms with Crippen molar-refractivity contribution in [1.82, 2.24) is 0 Å². The Morgan fingerprint density at radius 1 is 0.585 bits per heavy atom. The highest BCUT2D eigenvalue weighted by molar-refractivity contribution is 5.91. The second-order valence-electron chi connectivity index (χ2n) is 14.4. The quantitative estimate of drug-likeness (QED) is 0.0376. The van der Waals surface area contributed by atoms with Gasteiger partial charge in [0.15, 0.2) is 0 Å². The Morgan fingerprint density at radius 2 is 1.06 bits per heavy atom. The summed E-state index contributed by atoms with van der Waals surface area (Å²) in [7, 11) is 0. The molecular weight excluding hydrogens is 680 g/mol. The fourth-order valence-corrected chi connectivity index (χ4v) is 4.98. The van der Waals surface area contributed by atoms with Crippen LogP contribution in [0.4, 0.5) is 0 Å². The Hall–Kier alpha value is -5.00. The highest BCUT2D eigenvalue weighted by Crippen LogP contribution is 2.36. The first-order chi connectivity index (χ1) is 25.2. The number of benzene rings is 3. The molecule has 3 rings (SSSR count). The lowest BCUT2D eigenvalue weighted by atomic mass is 9.72. The molecule has 0 saturated heterocycles. The molecule has 1 unspecified atom stereocenters. The molecule has 3 aromatic rings. The number of ether oxygens (including phenoxy) is 7. The van der Waals surface area contributed by atoms with Crippen LogP contribution >= 0.6 is 0 Å². The van der Waals surface area contributed by atoms with Gasteiger partial charge >= 0.3 is 23.9 Å². The first kappa shape index (κ1) is 42.4. The average molecular weight is 733 g/mol. The zero-order valence-corrected chi connectivity index (χ0v) is 31.6. The lowest BCUT2D eigenvalue weighted by Gasteiger charge is -2.33. The summed E-state index contributed by atoms with van der Waals surface area (Å²) in [6.07, 6.45) is 1.79. The fourth-order valence-electron chi connectivity index (χ4n) is 4.98. The van der Waals surface area contributed by atoms with Crippen molar-refractivity contribution in [3.63, 3.8) is 0 Å². The van der Waals surface area contributed by atoms with Gasteiger partial charge in [0.1, 0.15) is 37.9 Å². The van der Waals surface area contributed by atoms with Crippen molar-refractivity contribution in [1.29, 1.82) is 0 Å². The van der Waals surface area contributed by atoms with E-state index in [2.05, 4.69) is 48.1 Å². The maximum atomic E-state index is 12.7. The van der Waals surface area contributed by atoms with Crippen molar-refractivity contribution in [3.05, 3.63) is 96.6 Å². The number of hydrogen-bond donors (Lipinski definition) is 0. The van der Waals surface area contributed by atoms with E-state index >= 15 is 0 Å². The summed E-state index contributed by atoms with van der Waals surface area (Å²) in [5, 5.41) is 0. The molecule has 53 heavy (non-hydrogen) atoms. The first-order valence-corrected chi connectivity index (χ1v) is 17.6. The number of rotatable bonds is 20. The lowest BCUT2D eigenvalue weighted by molar-refractivity contribution is -0.155. The maximum absolute atomic E-state index is 12.7. The normalized spacial score (nSPS) is 12.0. The molecule has 0 aliphatic carbocycles. The molecule has 0 radical (unpaired) electrons. The Kier molecular flexibility index (Phi) is 16.7. The van der Waals surface area contributed by atoms with Crippen LogP contribution in [-0.2, 0) is 33.3 Å². The van der Waals surface area contributed by atoms with Gasteiger partial charge in [-0.15, -0.1) is 0 Å². The summed E-state index contributed by atoms with van der Waals surface area (Å²) >= 11 is 0. The third-order valence-electron chi connectivity index (χ3n) is 7.82. The van der Waals surface area contributed by atoms with Crippen molar-refractivity contribution in [2.75, 3.05) is 52.9 Å². The molecule has 11 nitrogen and oxygen atoms in total. The predicted molar refractivity (Wildman–Crippen MR) is 200 cm³/mol. The van der Waals surface area contributed by atoms with E-state index in [0.29, 0.717) is 55.7 Å². The molecule has 0 aliphatic rings. The van der Waals surface area contributed by atoms with Crippen LogP contribution in [0, 0.1) is 16.7 Å². The highest BCUT2D eigenvalue weighted by Gasteiger charge is 2.35. The minimum Gasteiger partial charge on any atom is -0.491 e. The van der Waals surface area contributed by atoms with Crippen LogP contribution in [0.25, 0.3) is 11.1 Å². The largest absolute Gasteiger partial charge is 0.491 e. The van der Waals surface area contributed by atoms with Crippen LogP contribution in [0.3, 0.4) is 0 Å². The second kappa shape index (κ2) is 20.9. The summed E-state index contributed by atoms with van der Waals surface area (Å²) < 4.78 is 37.7. The van der Waals surface area contributed by atoms with Crippen molar-refractivity contribution < 1.29 is 52.3 Å². The number of hydrogen-bond acceptors (Lipinski definition) is 11. The van der Waals surface area contributed by atoms with Gasteiger partial charge in [-0.3, -0.25) is 4.79 Å². The van der Waals surface area contributed by atoms with E-state index in [0.717, 1.165) is 23.6 Å². The molecule has 0 heterocycles. The van der Waals surface area contributed by atoms with Gasteiger partial charge in [-0.05, 0) is 76.9 Å². The molecule has 3 aromatic carbocycles. The summed E-state index contributed by atoms with van der Waals surface area (Å²) in [5.41, 5.74) is 2.28. The van der Waals surface area contributed by atoms with Crippen molar-refractivity contribution in [3.8, 4) is 22.6 Å². The monoisotopic (exact) mass is 732 g/mol. The van der Waals surface area contributed by atoms with E-state index in [1.165, 1.54) is 0 Å². The van der Waals surface area contributed by atoms with Gasteiger partial charge in [-0.1, -0.05) is 72.4 Å². The van der Waals surface area contributed by atoms with Crippen LogP contribution in [0.5, 0.6) is 11.5 Å². The molecule has 11 heteroatoms. The Labute approximate surface area is 312 Å². The van der Waals surface area contributed by atoms with E-state index in [1.807, 2.05) is 12.1 Å². The van der Waals surface area contributed by atoms with Gasteiger partial charge in [0.25, 0.3) is 0 Å². The number of carbonyl (C=O) groups is 4. The van der Waals surface area contributed by atoms with Gasteiger partial charge in [0.05, 0.1) is 43.5 Å². The molecule has 0 saturated carbocycles. The van der Waals surface area contributed by atoms with Gasteiger partial charge in [0, 0.05) is 6.08 Å². The Bertz CT molecular complexity index is 1610. The zero-order chi connectivity index (χ0) is 38.9. The molecule has 0 spiro atoms. The SMILES string of the molecule is C=CC(=O)OCCOC(=O)c1ccc(-c2ccc(OC(=O)c3ccc(OCCOCCOCCOC(=O)C(CC(C)(C)C)C(C)(C)C)cc3)cc2)cc1. The standard InChI is InChI=1S/C42H52O11/c1-8-37(43)50-27-28-51-38(44)32-11-9-30(10-12-32)31-13-19-35(20-14-31)53-39(45)33-15-17-34(18-16-33)49-25-23-47-21-22-48-24-26-52-40(46)36(42(5,6)7)29-41(2,3)4/h8-20,36H,1,21-29H2,2-7H3. The van der Waals surface area contributed by atoms with E-state index in [-0.39, 0.29) is 42.5 Å². The van der Waals surface area contributed by atoms with Crippen molar-refractivity contribution in [2.24, 2.45) is 16.7 Å². The van der Waals surface area contributed by atoms with Gasteiger partial charge in [0.2, 0.25) is 0 Å². The van der Waals surface area contributed by atoms with E-state index in [4.69, 9.17) is 33.2 Å². The Morgan fingerprint density at radius 3 is 1.62 bits per heavy atom. The summed E-state index contributed by atoms with van der Waals surface area (Å²) in [4.78, 5) is 48.6. The molecule has 0 N–H and O–H groups in total. The fraction of sp³-hybridized carbons (Fsp3) is 0.429. The molecular formula is C42H52O11.